The van der Waals surface area contributed by atoms with Crippen LogP contribution in [0.4, 0.5) is 0 Å². The summed E-state index contributed by atoms with van der Waals surface area (Å²) in [6.45, 7) is 1.65. The summed E-state index contributed by atoms with van der Waals surface area (Å²) >= 11 is 0. The Labute approximate surface area is 655 Å². The van der Waals surface area contributed by atoms with Gasteiger partial charge in [0, 0.05) is 6.42 Å². The zero-order valence-corrected chi connectivity index (χ0v) is 67.8. The molecule has 3 aliphatic rings. The highest BCUT2D eigenvalue weighted by atomic mass is 16.8. The second-order valence-corrected chi connectivity index (χ2v) is 31.3. The van der Waals surface area contributed by atoms with Crippen LogP contribution in [0.5, 0.6) is 0 Å². The number of aliphatic hydroxyl groups excluding tert-OH is 11. The van der Waals surface area contributed by atoms with E-state index in [1.54, 1.807) is 6.08 Å². The van der Waals surface area contributed by atoms with E-state index in [0.29, 0.717) is 12.8 Å². The number of allylic oxidation sites excluding steroid dienone is 11. The molecule has 12 N–H and O–H groups in total. The lowest BCUT2D eigenvalue weighted by atomic mass is 9.96. The number of aliphatic hydroxyl groups is 11. The molecule has 0 saturated carbocycles. The maximum Gasteiger partial charge on any atom is 0.220 e. The average molecular weight is 1530 g/mol. The normalized spacial score (nSPS) is 25.7. The Morgan fingerprint density at radius 1 is 0.343 bits per heavy atom. The van der Waals surface area contributed by atoms with Crippen molar-refractivity contribution in [3.8, 4) is 0 Å². The third-order valence-corrected chi connectivity index (χ3v) is 21.7. The number of amides is 1. The number of ether oxygens (including phenoxy) is 6. The van der Waals surface area contributed by atoms with Crippen molar-refractivity contribution in [2.45, 2.75) is 458 Å². The predicted octanol–water partition coefficient (Wildman–Crippen LogP) is 16.3. The molecule has 0 radical (unpaired) electrons. The fourth-order valence-electron chi connectivity index (χ4n) is 14.7. The van der Waals surface area contributed by atoms with Crippen LogP contribution >= 0.6 is 0 Å². The maximum atomic E-state index is 13.5. The lowest BCUT2D eigenvalue weighted by Crippen LogP contribution is -2.66. The second-order valence-electron chi connectivity index (χ2n) is 31.3. The highest BCUT2D eigenvalue weighted by molar-refractivity contribution is 5.76. The van der Waals surface area contributed by atoms with Crippen LogP contribution in [0.25, 0.3) is 0 Å². The number of unbranched alkanes of at least 4 members (excludes halogenated alkanes) is 45. The van der Waals surface area contributed by atoms with E-state index in [4.69, 9.17) is 28.4 Å². The van der Waals surface area contributed by atoms with Crippen molar-refractivity contribution in [3.63, 3.8) is 0 Å². The number of rotatable bonds is 71. The molecule has 108 heavy (non-hydrogen) atoms. The number of hydrogen-bond donors (Lipinski definition) is 12. The first-order valence-electron chi connectivity index (χ1n) is 44.2. The van der Waals surface area contributed by atoms with Gasteiger partial charge in [-0.15, -0.1) is 0 Å². The zero-order chi connectivity index (χ0) is 78.1. The van der Waals surface area contributed by atoms with Crippen molar-refractivity contribution >= 4 is 5.91 Å². The summed E-state index contributed by atoms with van der Waals surface area (Å²) in [4.78, 5) is 13.5. The van der Waals surface area contributed by atoms with Gasteiger partial charge in [0.2, 0.25) is 5.91 Å². The molecule has 0 aromatic rings. The van der Waals surface area contributed by atoms with Crippen LogP contribution in [0.3, 0.4) is 0 Å². The molecule has 19 heteroatoms. The Morgan fingerprint density at radius 2 is 0.648 bits per heavy atom. The zero-order valence-electron chi connectivity index (χ0n) is 67.8. The Balaban J connectivity index is 1.30. The summed E-state index contributed by atoms with van der Waals surface area (Å²) in [5.41, 5.74) is 0. The van der Waals surface area contributed by atoms with Crippen molar-refractivity contribution in [1.29, 1.82) is 0 Å². The van der Waals surface area contributed by atoms with Crippen LogP contribution in [0.1, 0.15) is 354 Å². The standard InChI is InChI=1S/C89H161NO18/c1-3-5-7-9-11-13-15-17-19-21-23-25-27-28-29-30-31-32-33-34-35-36-37-38-39-40-41-42-43-44-45-47-49-51-53-55-57-59-61-63-65-67-77(95)90-72(73(94)66-64-62-60-58-56-54-52-50-48-46-26-24-22-20-18-16-14-12-10-8-6-4-2)71-103-87-83(101)80(98)85(75(69-92)105-87)108-89-84(102)81(99)86(76(70-93)106-89)107-88-82(100)79(97)78(96)74(68-91)104-88/h5,7,11,13,17,19,23,25,56,58,64,66,72-76,78-89,91-94,96-102H,3-4,6,8-10,12,14-16,18,20-22,24,26-55,57,59-63,65,67-71H2,1-2H3,(H,90,95)/b7-5-,13-11-,19-17-,25-23-,58-56+,66-64+. The monoisotopic (exact) mass is 1530 g/mol. The molecule has 0 spiro atoms. The summed E-state index contributed by atoms with van der Waals surface area (Å²) in [6.07, 6.45) is 65.0. The van der Waals surface area contributed by atoms with Crippen molar-refractivity contribution in [1.82, 2.24) is 5.32 Å². The van der Waals surface area contributed by atoms with Gasteiger partial charge < -0.3 is 89.9 Å². The van der Waals surface area contributed by atoms with Gasteiger partial charge >= 0.3 is 0 Å². The van der Waals surface area contributed by atoms with Gasteiger partial charge in [-0.2, -0.15) is 0 Å². The minimum atomic E-state index is -1.98. The summed E-state index contributed by atoms with van der Waals surface area (Å²) in [5.74, 6) is -0.279. The molecule has 0 aromatic heterocycles. The smallest absolute Gasteiger partial charge is 0.220 e. The third-order valence-electron chi connectivity index (χ3n) is 21.7. The minimum absolute atomic E-state index is 0.238. The van der Waals surface area contributed by atoms with Gasteiger partial charge in [0.1, 0.15) is 73.2 Å². The summed E-state index contributed by atoms with van der Waals surface area (Å²) in [7, 11) is 0. The lowest BCUT2D eigenvalue weighted by molar-refractivity contribution is -0.379. The van der Waals surface area contributed by atoms with Crippen molar-refractivity contribution in [3.05, 3.63) is 72.9 Å². The van der Waals surface area contributed by atoms with Gasteiger partial charge in [0.05, 0.1) is 38.6 Å². The van der Waals surface area contributed by atoms with Crippen molar-refractivity contribution in [2.75, 3.05) is 26.4 Å². The fraction of sp³-hybridized carbons (Fsp3) is 0.854. The van der Waals surface area contributed by atoms with E-state index in [2.05, 4.69) is 79.9 Å². The van der Waals surface area contributed by atoms with Crippen molar-refractivity contribution < 1.29 is 89.4 Å². The molecular weight excluding hydrogens is 1370 g/mol. The molecule has 1 amide bonds. The molecule has 3 heterocycles. The maximum absolute atomic E-state index is 13.5. The van der Waals surface area contributed by atoms with E-state index in [1.165, 1.54) is 257 Å². The third kappa shape index (κ3) is 47.2. The van der Waals surface area contributed by atoms with Gasteiger partial charge in [-0.3, -0.25) is 4.79 Å². The Morgan fingerprint density at radius 3 is 1.04 bits per heavy atom. The highest BCUT2D eigenvalue weighted by Gasteiger charge is 2.54. The number of carbonyl (C=O) groups is 1. The van der Waals surface area contributed by atoms with E-state index >= 15 is 0 Å². The largest absolute Gasteiger partial charge is 0.394 e. The summed E-state index contributed by atoms with van der Waals surface area (Å²) in [6, 6.07) is -0.992. The quantitative estimate of drug-likeness (QED) is 0.0199. The highest BCUT2D eigenvalue weighted by Crippen LogP contribution is 2.33. The molecule has 3 aliphatic heterocycles. The first-order valence-corrected chi connectivity index (χ1v) is 44.2. The average Bonchev–Trinajstić information content (AvgIpc) is 0.787. The van der Waals surface area contributed by atoms with E-state index in [0.717, 1.165) is 64.2 Å². The molecule has 0 aromatic carbocycles. The molecule has 19 nitrogen and oxygen atoms in total. The number of nitrogens with one attached hydrogen (secondary N) is 1. The summed E-state index contributed by atoms with van der Waals surface area (Å²) < 4.78 is 34.5. The molecule has 0 bridgehead atoms. The second kappa shape index (κ2) is 68.6. The predicted molar refractivity (Wildman–Crippen MR) is 434 cm³/mol. The van der Waals surface area contributed by atoms with Gasteiger partial charge in [-0.25, -0.2) is 0 Å². The van der Waals surface area contributed by atoms with Crippen LogP contribution in [0, 0.1) is 0 Å². The van der Waals surface area contributed by atoms with Gasteiger partial charge in [-0.05, 0) is 70.6 Å². The van der Waals surface area contributed by atoms with E-state index in [9.17, 15) is 61.0 Å². The molecule has 17 unspecified atom stereocenters. The minimum Gasteiger partial charge on any atom is -0.394 e. The van der Waals surface area contributed by atoms with E-state index < -0.39 is 124 Å². The van der Waals surface area contributed by atoms with Crippen molar-refractivity contribution in [2.24, 2.45) is 0 Å². The van der Waals surface area contributed by atoms with E-state index in [-0.39, 0.29) is 18.9 Å². The van der Waals surface area contributed by atoms with E-state index in [1.807, 2.05) is 6.08 Å². The van der Waals surface area contributed by atoms with Crippen LogP contribution in [0.15, 0.2) is 72.9 Å². The van der Waals surface area contributed by atoms with Crippen LogP contribution in [-0.2, 0) is 33.2 Å². The molecule has 17 atom stereocenters. The first kappa shape index (κ1) is 99.4. The molecule has 3 rings (SSSR count). The molecular formula is C89H161NO18. The summed E-state index contributed by atoms with van der Waals surface area (Å²) in [5, 5.41) is 121. The fourth-order valence-corrected chi connectivity index (χ4v) is 14.7. The molecule has 0 aliphatic carbocycles. The topological polar surface area (TPSA) is 307 Å². The Bertz CT molecular complexity index is 2230. The number of hydrogen-bond acceptors (Lipinski definition) is 18. The molecule has 3 saturated heterocycles. The number of carbonyl (C=O) groups excluding carboxylic acids is 1. The van der Waals surface area contributed by atoms with Crippen LogP contribution < -0.4 is 5.32 Å². The Kier molecular flexibility index (Phi) is 63.2. The van der Waals surface area contributed by atoms with Gasteiger partial charge in [0.25, 0.3) is 0 Å². The van der Waals surface area contributed by atoms with Gasteiger partial charge in [0.15, 0.2) is 18.9 Å². The first-order chi connectivity index (χ1) is 52.8. The molecule has 3 fully saturated rings. The lowest BCUT2D eigenvalue weighted by Gasteiger charge is -2.48. The Hall–Kier alpha value is -2.77. The SMILES string of the molecule is CC/C=C\C/C=C\C/C=C\C/C=C\CCCCCCCCCCCCCCCCCCCCCCCCCCCCCCC(=O)NC(COC1OC(CO)C(OC2OC(CO)C(OC3OC(CO)C(O)C(O)C3O)C(O)C2O)C(O)C1O)C(O)/C=C/CC/C=C/CCCCCCCCCCCCCCCCCC. The van der Waals surface area contributed by atoms with Gasteiger partial charge in [-0.1, -0.05) is 350 Å². The van der Waals surface area contributed by atoms with Crippen LogP contribution in [0.2, 0.25) is 0 Å². The molecule has 630 valence electrons. The van der Waals surface area contributed by atoms with Crippen LogP contribution in [-0.4, -0.2) is 193 Å².